The molecule has 1 N–H and O–H groups in total. The molecule has 1 rings (SSSR count). The van der Waals surface area contributed by atoms with Gasteiger partial charge < -0.3 is 5.32 Å². The highest BCUT2D eigenvalue weighted by Crippen LogP contribution is 2.28. The van der Waals surface area contributed by atoms with Crippen LogP contribution in [0.5, 0.6) is 0 Å². The monoisotopic (exact) mass is 255 g/mol. The molecule has 0 fully saturated rings. The SMILES string of the molecule is CC(C)(C)NC(=O)c1cc(F)ccc1C(C)(C)F. The Morgan fingerprint density at radius 1 is 1.17 bits per heavy atom. The molecule has 1 aromatic carbocycles. The van der Waals surface area contributed by atoms with Crippen LogP contribution < -0.4 is 5.32 Å². The number of benzene rings is 1. The number of carbonyl (C=O) groups excluding carboxylic acids is 1. The van der Waals surface area contributed by atoms with Gasteiger partial charge >= 0.3 is 0 Å². The van der Waals surface area contributed by atoms with Gasteiger partial charge in [0.1, 0.15) is 11.5 Å². The molecule has 0 saturated carbocycles. The number of halogens is 2. The zero-order valence-corrected chi connectivity index (χ0v) is 11.4. The number of alkyl halides is 1. The molecule has 4 heteroatoms. The Kier molecular flexibility index (Phi) is 3.79. The molecular weight excluding hydrogens is 236 g/mol. The van der Waals surface area contributed by atoms with E-state index < -0.39 is 22.9 Å². The molecule has 0 spiro atoms. The van der Waals surface area contributed by atoms with Gasteiger partial charge in [0.15, 0.2) is 0 Å². The summed E-state index contributed by atoms with van der Waals surface area (Å²) in [5.41, 5.74) is -1.93. The van der Waals surface area contributed by atoms with Crippen LogP contribution in [-0.4, -0.2) is 11.4 Å². The van der Waals surface area contributed by atoms with Crippen molar-refractivity contribution in [2.24, 2.45) is 0 Å². The summed E-state index contributed by atoms with van der Waals surface area (Å²) >= 11 is 0. The van der Waals surface area contributed by atoms with E-state index in [2.05, 4.69) is 5.32 Å². The van der Waals surface area contributed by atoms with Crippen LogP contribution in [0.4, 0.5) is 8.78 Å². The van der Waals surface area contributed by atoms with E-state index in [9.17, 15) is 13.6 Å². The van der Waals surface area contributed by atoms with Crippen molar-refractivity contribution >= 4 is 5.91 Å². The van der Waals surface area contributed by atoms with Gasteiger partial charge in [-0.1, -0.05) is 6.07 Å². The highest BCUT2D eigenvalue weighted by atomic mass is 19.1. The molecule has 0 radical (unpaired) electrons. The van der Waals surface area contributed by atoms with E-state index in [4.69, 9.17) is 0 Å². The lowest BCUT2D eigenvalue weighted by Gasteiger charge is -2.24. The third-order valence-corrected chi connectivity index (χ3v) is 2.36. The quantitative estimate of drug-likeness (QED) is 0.860. The van der Waals surface area contributed by atoms with Crippen LogP contribution in [0.2, 0.25) is 0 Å². The Morgan fingerprint density at radius 3 is 2.17 bits per heavy atom. The van der Waals surface area contributed by atoms with Crippen molar-refractivity contribution in [2.75, 3.05) is 0 Å². The number of hydrogen-bond donors (Lipinski definition) is 1. The maximum absolute atomic E-state index is 14.0. The second-order valence-electron chi connectivity index (χ2n) is 5.87. The van der Waals surface area contributed by atoms with Gasteiger partial charge in [-0.25, -0.2) is 8.78 Å². The van der Waals surface area contributed by atoms with E-state index in [0.29, 0.717) is 0 Å². The van der Waals surface area contributed by atoms with Crippen LogP contribution >= 0.6 is 0 Å². The fourth-order valence-corrected chi connectivity index (χ4v) is 1.63. The summed E-state index contributed by atoms with van der Waals surface area (Å²) < 4.78 is 27.2. The minimum Gasteiger partial charge on any atom is -0.347 e. The van der Waals surface area contributed by atoms with Gasteiger partial charge in [-0.15, -0.1) is 0 Å². The number of nitrogens with one attached hydrogen (secondary N) is 1. The Balaban J connectivity index is 3.22. The smallest absolute Gasteiger partial charge is 0.252 e. The summed E-state index contributed by atoms with van der Waals surface area (Å²) in [4.78, 5) is 12.0. The Hall–Kier alpha value is -1.45. The normalized spacial score (nSPS) is 12.4. The van der Waals surface area contributed by atoms with Gasteiger partial charge in [-0.3, -0.25) is 4.79 Å². The number of rotatable bonds is 2. The fraction of sp³-hybridized carbons (Fsp3) is 0.500. The first-order valence-electron chi connectivity index (χ1n) is 5.82. The van der Waals surface area contributed by atoms with E-state index in [1.807, 2.05) is 20.8 Å². The van der Waals surface area contributed by atoms with Gasteiger partial charge in [0, 0.05) is 16.7 Å². The van der Waals surface area contributed by atoms with E-state index in [-0.39, 0.29) is 11.1 Å². The molecule has 0 aromatic heterocycles. The number of hydrogen-bond acceptors (Lipinski definition) is 1. The molecule has 18 heavy (non-hydrogen) atoms. The maximum atomic E-state index is 14.0. The van der Waals surface area contributed by atoms with Crippen LogP contribution in [-0.2, 0) is 5.67 Å². The summed E-state index contributed by atoms with van der Waals surface area (Å²) in [7, 11) is 0. The van der Waals surface area contributed by atoms with Gasteiger partial charge in [0.25, 0.3) is 5.91 Å². The molecule has 1 aromatic rings. The van der Waals surface area contributed by atoms with Gasteiger partial charge in [0.2, 0.25) is 0 Å². The molecular formula is C14H19F2NO. The second kappa shape index (κ2) is 4.67. The minimum atomic E-state index is -1.70. The molecule has 0 aliphatic rings. The van der Waals surface area contributed by atoms with Gasteiger partial charge in [0.05, 0.1) is 0 Å². The molecule has 0 unspecified atom stereocenters. The van der Waals surface area contributed by atoms with E-state index >= 15 is 0 Å². The Labute approximate surface area is 106 Å². The van der Waals surface area contributed by atoms with Crippen molar-refractivity contribution in [2.45, 2.75) is 45.8 Å². The maximum Gasteiger partial charge on any atom is 0.252 e. The zero-order chi connectivity index (χ0) is 14.1. The fourth-order valence-electron chi connectivity index (χ4n) is 1.63. The molecule has 0 aliphatic heterocycles. The predicted molar refractivity (Wildman–Crippen MR) is 67.8 cm³/mol. The topological polar surface area (TPSA) is 29.1 Å². The van der Waals surface area contributed by atoms with Gasteiger partial charge in [-0.2, -0.15) is 0 Å². The summed E-state index contributed by atoms with van der Waals surface area (Å²) in [6, 6.07) is 3.54. The van der Waals surface area contributed by atoms with E-state index in [1.54, 1.807) is 0 Å². The second-order valence-corrected chi connectivity index (χ2v) is 5.87. The third kappa shape index (κ3) is 3.79. The van der Waals surface area contributed by atoms with Crippen molar-refractivity contribution < 1.29 is 13.6 Å². The molecule has 0 aliphatic carbocycles. The lowest BCUT2D eigenvalue weighted by Crippen LogP contribution is -2.41. The van der Waals surface area contributed by atoms with Crippen LogP contribution in [0.1, 0.15) is 50.5 Å². The molecule has 0 heterocycles. The average molecular weight is 255 g/mol. The molecule has 0 bridgehead atoms. The zero-order valence-electron chi connectivity index (χ0n) is 11.4. The summed E-state index contributed by atoms with van der Waals surface area (Å²) in [6.45, 7) is 8.11. The summed E-state index contributed by atoms with van der Waals surface area (Å²) in [5, 5.41) is 2.70. The molecule has 1 amide bonds. The summed E-state index contributed by atoms with van der Waals surface area (Å²) in [5.74, 6) is -1.02. The highest BCUT2D eigenvalue weighted by molar-refractivity contribution is 5.96. The van der Waals surface area contributed by atoms with E-state index in [1.165, 1.54) is 19.9 Å². The first-order chi connectivity index (χ1) is 8.00. The van der Waals surface area contributed by atoms with Crippen molar-refractivity contribution in [1.82, 2.24) is 5.32 Å². The first-order valence-corrected chi connectivity index (χ1v) is 5.82. The van der Waals surface area contributed by atoms with Crippen LogP contribution in [0.15, 0.2) is 18.2 Å². The lowest BCUT2D eigenvalue weighted by molar-refractivity contribution is 0.0911. The largest absolute Gasteiger partial charge is 0.347 e. The number of carbonyl (C=O) groups is 1. The number of amides is 1. The average Bonchev–Trinajstić information content (AvgIpc) is 2.12. The van der Waals surface area contributed by atoms with Crippen LogP contribution in [0.3, 0.4) is 0 Å². The molecule has 100 valence electrons. The predicted octanol–water partition coefficient (Wildman–Crippen LogP) is 3.56. The van der Waals surface area contributed by atoms with Crippen LogP contribution in [0, 0.1) is 5.82 Å². The van der Waals surface area contributed by atoms with Crippen molar-refractivity contribution in [1.29, 1.82) is 0 Å². The molecule has 0 atom stereocenters. The first kappa shape index (κ1) is 14.6. The van der Waals surface area contributed by atoms with Crippen molar-refractivity contribution in [3.8, 4) is 0 Å². The third-order valence-electron chi connectivity index (χ3n) is 2.36. The highest BCUT2D eigenvalue weighted by Gasteiger charge is 2.27. The van der Waals surface area contributed by atoms with E-state index in [0.717, 1.165) is 12.1 Å². The summed E-state index contributed by atoms with van der Waals surface area (Å²) in [6.07, 6.45) is 0. The minimum absolute atomic E-state index is 0.0393. The van der Waals surface area contributed by atoms with Gasteiger partial charge in [-0.05, 0) is 46.8 Å². The lowest BCUT2D eigenvalue weighted by atomic mass is 9.93. The Bertz CT molecular complexity index is 456. The van der Waals surface area contributed by atoms with Crippen molar-refractivity contribution in [3.63, 3.8) is 0 Å². The Morgan fingerprint density at radius 2 is 1.72 bits per heavy atom. The van der Waals surface area contributed by atoms with Crippen LogP contribution in [0.25, 0.3) is 0 Å². The molecule has 0 saturated heterocycles. The molecule has 2 nitrogen and oxygen atoms in total. The standard InChI is InChI=1S/C14H19F2NO/c1-13(2,3)17-12(18)10-8-9(15)6-7-11(10)14(4,5)16/h6-8H,1-5H3,(H,17,18). The van der Waals surface area contributed by atoms with Crippen molar-refractivity contribution in [3.05, 3.63) is 35.1 Å².